The van der Waals surface area contributed by atoms with E-state index in [4.69, 9.17) is 14.0 Å². The Bertz CT molecular complexity index is 1580. The van der Waals surface area contributed by atoms with Gasteiger partial charge in [-0.25, -0.2) is 15.0 Å². The standard InChI is InChI=1S/C38H56F2N5O8P/c1-4-6-7-8-9-10-11-12-13-14-15-16-17-18-19-20-21-22-23-24-33(46)41-26-27-42-54(50,43-29-34(47)51-5-2)52-30-32-35(48)38(39,40)36(53-32)45-28-25-31(3)44-37(45)49/h6-7,9-10,12-13,15-16,18-19,21-22,25,28,32,35-36,48H,4-5,8,11,14,17,20,23-24,26-27,29-30H2,1-3H3,(H,41,46)(H2,42,43,50). The normalized spacial score (nSPS) is 20.0. The Kier molecular flexibility index (Phi) is 22.3. The van der Waals surface area contributed by atoms with E-state index in [2.05, 4.69) is 88.2 Å². The van der Waals surface area contributed by atoms with Gasteiger partial charge in [-0.2, -0.15) is 13.8 Å². The maximum atomic E-state index is 15.0. The van der Waals surface area contributed by atoms with E-state index in [1.807, 2.05) is 12.2 Å². The van der Waals surface area contributed by atoms with Crippen LogP contribution in [0.1, 0.15) is 77.1 Å². The first-order valence-electron chi connectivity index (χ1n) is 18.3. The van der Waals surface area contributed by atoms with E-state index in [1.54, 1.807) is 6.92 Å². The molecule has 0 aliphatic carbocycles. The highest BCUT2D eigenvalue weighted by molar-refractivity contribution is 7.54. The molecule has 2 rings (SSSR count). The van der Waals surface area contributed by atoms with Crippen molar-refractivity contribution in [2.24, 2.45) is 0 Å². The molecule has 0 spiro atoms. The van der Waals surface area contributed by atoms with Crippen LogP contribution in [0, 0.1) is 6.92 Å². The number of ether oxygens (including phenoxy) is 2. The van der Waals surface area contributed by atoms with Crippen molar-refractivity contribution in [1.29, 1.82) is 0 Å². The van der Waals surface area contributed by atoms with Crippen LogP contribution in [-0.2, 0) is 28.2 Å². The quantitative estimate of drug-likeness (QED) is 0.0382. The number of esters is 1. The summed E-state index contributed by atoms with van der Waals surface area (Å²) in [4.78, 5) is 40.0. The highest BCUT2D eigenvalue weighted by atomic mass is 31.2. The minimum absolute atomic E-state index is 0.0308. The molecule has 0 bridgehead atoms. The third kappa shape index (κ3) is 18.0. The highest BCUT2D eigenvalue weighted by Crippen LogP contribution is 2.44. The molecule has 1 fully saturated rings. The topological polar surface area (TPSA) is 170 Å². The zero-order valence-electron chi connectivity index (χ0n) is 31.4. The predicted molar refractivity (Wildman–Crippen MR) is 205 cm³/mol. The second kappa shape index (κ2) is 26.0. The number of hydrogen-bond donors (Lipinski definition) is 4. The number of carbonyl (C=O) groups excluding carboxylic acids is 2. The summed E-state index contributed by atoms with van der Waals surface area (Å²) in [6.07, 6.45) is 26.3. The molecule has 1 aromatic rings. The molecule has 2 heterocycles. The molecule has 4 N–H and O–H groups in total. The lowest BCUT2D eigenvalue weighted by Gasteiger charge is -2.23. The van der Waals surface area contributed by atoms with Gasteiger partial charge in [0.1, 0.15) is 12.6 Å². The van der Waals surface area contributed by atoms with Gasteiger partial charge in [-0.15, -0.1) is 0 Å². The van der Waals surface area contributed by atoms with Crippen molar-refractivity contribution in [3.05, 3.63) is 101 Å². The molecule has 1 aliphatic rings. The average molecular weight is 780 g/mol. The average Bonchev–Trinajstić information content (AvgIpc) is 3.36. The first kappa shape index (κ1) is 46.3. The molecule has 1 aromatic heterocycles. The minimum atomic E-state index is -4.14. The van der Waals surface area contributed by atoms with Crippen LogP contribution in [-0.4, -0.2) is 77.5 Å². The Hall–Kier alpha value is -3.85. The first-order valence-corrected chi connectivity index (χ1v) is 19.9. The molecule has 300 valence electrons. The van der Waals surface area contributed by atoms with Gasteiger partial charge in [0.15, 0.2) is 6.10 Å². The van der Waals surface area contributed by atoms with Gasteiger partial charge in [0.25, 0.3) is 0 Å². The van der Waals surface area contributed by atoms with Crippen molar-refractivity contribution in [2.45, 2.75) is 96.5 Å². The van der Waals surface area contributed by atoms with E-state index in [1.165, 1.54) is 13.0 Å². The number of carbonyl (C=O) groups is 2. The lowest BCUT2D eigenvalue weighted by molar-refractivity contribution is -0.141. The van der Waals surface area contributed by atoms with Crippen LogP contribution in [0.5, 0.6) is 0 Å². The van der Waals surface area contributed by atoms with Crippen molar-refractivity contribution < 1.29 is 42.0 Å². The smallest absolute Gasteiger partial charge is 0.350 e. The first-order chi connectivity index (χ1) is 25.9. The van der Waals surface area contributed by atoms with Gasteiger partial charge in [0.2, 0.25) is 12.1 Å². The molecule has 1 amide bonds. The minimum Gasteiger partial charge on any atom is -0.465 e. The van der Waals surface area contributed by atoms with Crippen molar-refractivity contribution >= 4 is 19.5 Å². The third-order valence-corrected chi connectivity index (χ3v) is 9.39. The molecule has 0 aromatic carbocycles. The maximum absolute atomic E-state index is 15.0. The Balaban J connectivity index is 1.72. The summed E-state index contributed by atoms with van der Waals surface area (Å²) in [6.45, 7) is 3.88. The number of aliphatic hydroxyl groups excluding tert-OH is 1. The number of allylic oxidation sites excluding steroid dienone is 12. The fourth-order valence-corrected chi connectivity index (χ4v) is 6.23. The second-order valence-corrected chi connectivity index (χ2v) is 14.1. The molecule has 0 radical (unpaired) electrons. The molecule has 4 atom stereocenters. The summed E-state index contributed by atoms with van der Waals surface area (Å²) in [7, 11) is -4.14. The maximum Gasteiger partial charge on any atom is 0.350 e. The van der Waals surface area contributed by atoms with Crippen LogP contribution >= 0.6 is 7.67 Å². The zero-order valence-corrected chi connectivity index (χ0v) is 32.3. The van der Waals surface area contributed by atoms with E-state index in [-0.39, 0.29) is 32.0 Å². The molecular weight excluding hydrogens is 723 g/mol. The highest BCUT2D eigenvalue weighted by Gasteiger charge is 2.60. The summed E-state index contributed by atoms with van der Waals surface area (Å²) >= 11 is 0. The van der Waals surface area contributed by atoms with Gasteiger partial charge >= 0.3 is 25.3 Å². The lowest BCUT2D eigenvalue weighted by atomic mass is 10.1. The summed E-state index contributed by atoms with van der Waals surface area (Å²) < 4.78 is 59.5. The van der Waals surface area contributed by atoms with Crippen molar-refractivity contribution in [3.63, 3.8) is 0 Å². The fraction of sp³-hybridized carbons (Fsp3) is 0.526. The number of aryl methyl sites for hydroxylation is 1. The van der Waals surface area contributed by atoms with E-state index < -0.39 is 56.8 Å². The number of hydrogen-bond acceptors (Lipinski definition) is 9. The Labute approximate surface area is 316 Å². The van der Waals surface area contributed by atoms with Gasteiger partial charge in [-0.3, -0.25) is 18.7 Å². The Morgan fingerprint density at radius 1 is 0.944 bits per heavy atom. The van der Waals surface area contributed by atoms with Crippen molar-refractivity contribution in [3.8, 4) is 0 Å². The number of halogens is 2. The number of rotatable bonds is 26. The van der Waals surface area contributed by atoms with Crippen LogP contribution in [0.4, 0.5) is 8.78 Å². The fourth-order valence-electron chi connectivity index (χ4n) is 4.84. The van der Waals surface area contributed by atoms with E-state index >= 15 is 0 Å². The van der Waals surface area contributed by atoms with Crippen LogP contribution in [0.2, 0.25) is 0 Å². The Morgan fingerprint density at radius 3 is 2.07 bits per heavy atom. The number of nitrogens with zero attached hydrogens (tertiary/aromatic N) is 2. The largest absolute Gasteiger partial charge is 0.465 e. The van der Waals surface area contributed by atoms with Gasteiger partial charge in [0, 0.05) is 31.4 Å². The van der Waals surface area contributed by atoms with E-state index in [9.17, 15) is 32.8 Å². The van der Waals surface area contributed by atoms with Crippen LogP contribution < -0.4 is 21.2 Å². The van der Waals surface area contributed by atoms with Gasteiger partial charge in [-0.05, 0) is 64.9 Å². The van der Waals surface area contributed by atoms with Crippen molar-refractivity contribution in [2.75, 3.05) is 32.8 Å². The number of amides is 1. The van der Waals surface area contributed by atoms with E-state index in [0.717, 1.165) is 44.7 Å². The number of alkyl halides is 2. The molecule has 54 heavy (non-hydrogen) atoms. The van der Waals surface area contributed by atoms with Gasteiger partial charge < -0.3 is 24.4 Å². The predicted octanol–water partition coefficient (Wildman–Crippen LogP) is 5.91. The summed E-state index contributed by atoms with van der Waals surface area (Å²) in [6, 6.07) is 1.33. The van der Waals surface area contributed by atoms with Crippen LogP contribution in [0.25, 0.3) is 0 Å². The number of aromatic nitrogens is 2. The van der Waals surface area contributed by atoms with E-state index in [0.29, 0.717) is 16.7 Å². The van der Waals surface area contributed by atoms with Crippen molar-refractivity contribution in [1.82, 2.24) is 25.0 Å². The van der Waals surface area contributed by atoms with Gasteiger partial charge in [0.05, 0.1) is 13.2 Å². The van der Waals surface area contributed by atoms with Crippen LogP contribution in [0.15, 0.2) is 90.0 Å². The summed E-state index contributed by atoms with van der Waals surface area (Å²) in [5, 5.41) is 18.0. The summed E-state index contributed by atoms with van der Waals surface area (Å²) in [5.74, 6) is -4.91. The SMILES string of the molecule is CCC=CCC=CCC=CCC=CCC=CCC=CCCC(=O)NCCNP(=O)(NCC(=O)OCC)OCC1OC(n2ccc(C)nc2=O)C(F)(F)C1O. The van der Waals surface area contributed by atoms with Gasteiger partial charge in [-0.1, -0.05) is 79.8 Å². The van der Waals surface area contributed by atoms with Crippen LogP contribution in [0.3, 0.4) is 0 Å². The molecule has 13 nitrogen and oxygen atoms in total. The number of nitrogens with one attached hydrogen (secondary N) is 3. The monoisotopic (exact) mass is 779 g/mol. The molecular formula is C38H56F2N5O8P. The number of aliphatic hydroxyl groups is 1. The zero-order chi connectivity index (χ0) is 39.7. The summed E-state index contributed by atoms with van der Waals surface area (Å²) in [5.41, 5.74) is -0.699. The lowest BCUT2D eigenvalue weighted by Crippen LogP contribution is -2.42. The molecule has 4 unspecified atom stereocenters. The molecule has 0 saturated carbocycles. The molecule has 1 aliphatic heterocycles. The third-order valence-electron chi connectivity index (χ3n) is 7.66. The molecule has 1 saturated heterocycles. The Morgan fingerprint density at radius 2 is 1.52 bits per heavy atom. The second-order valence-electron chi connectivity index (χ2n) is 12.1. The molecule has 16 heteroatoms.